The molecule has 1 aliphatic heterocycles. The molecule has 0 aliphatic carbocycles. The second kappa shape index (κ2) is 7.20. The monoisotopic (exact) mass is 293 g/mol. The maximum Gasteiger partial charge on any atom is 0.178 e. The van der Waals surface area contributed by atoms with Gasteiger partial charge in [-0.25, -0.2) is 0 Å². The largest absolute Gasteiger partial charge is 0.395 e. The third kappa shape index (κ3) is 3.93. The van der Waals surface area contributed by atoms with Crippen LogP contribution in [0.1, 0.15) is 35.1 Å². The number of aromatic nitrogens is 1. The number of rotatable bonds is 6. The molecule has 0 bridgehead atoms. The van der Waals surface area contributed by atoms with Crippen molar-refractivity contribution in [2.75, 3.05) is 39.3 Å². The van der Waals surface area contributed by atoms with E-state index in [-0.39, 0.29) is 18.4 Å². The molecule has 1 unspecified atom stereocenters. The molecule has 5 nitrogen and oxygen atoms in total. The second-order valence-corrected chi connectivity index (χ2v) is 5.97. The van der Waals surface area contributed by atoms with Gasteiger partial charge in [0.25, 0.3) is 0 Å². The summed E-state index contributed by atoms with van der Waals surface area (Å²) in [6.45, 7) is 10.4. The molecule has 5 heteroatoms. The number of carbonyl (C=O) groups is 1. The molecule has 0 saturated carbocycles. The van der Waals surface area contributed by atoms with E-state index in [1.165, 1.54) is 0 Å². The number of piperazine rings is 1. The smallest absolute Gasteiger partial charge is 0.178 e. The maximum absolute atomic E-state index is 12.4. The summed E-state index contributed by atoms with van der Waals surface area (Å²) in [7, 11) is 0. The van der Waals surface area contributed by atoms with Gasteiger partial charge in [-0.15, -0.1) is 0 Å². The Morgan fingerprint density at radius 1 is 1.33 bits per heavy atom. The van der Waals surface area contributed by atoms with Crippen LogP contribution in [0.25, 0.3) is 0 Å². The van der Waals surface area contributed by atoms with Crippen molar-refractivity contribution in [2.24, 2.45) is 0 Å². The van der Waals surface area contributed by atoms with Crippen molar-refractivity contribution < 1.29 is 9.90 Å². The zero-order valence-electron chi connectivity index (χ0n) is 13.4. The van der Waals surface area contributed by atoms with Gasteiger partial charge < -0.3 is 10.1 Å². The molecule has 118 valence electrons. The first kappa shape index (κ1) is 16.2. The molecule has 1 aromatic heterocycles. The number of nitrogens with one attached hydrogen (secondary N) is 1. The molecule has 1 aliphatic rings. The molecule has 2 rings (SSSR count). The fourth-order valence-electron chi connectivity index (χ4n) is 3.09. The van der Waals surface area contributed by atoms with Crippen molar-refractivity contribution >= 4 is 5.78 Å². The minimum Gasteiger partial charge on any atom is -0.395 e. The number of Topliss-reactive ketones (excluding diaryl/α,β-unsaturated/α-hetero) is 1. The lowest BCUT2D eigenvalue weighted by Crippen LogP contribution is -2.52. The minimum atomic E-state index is 0.194. The maximum atomic E-state index is 12.4. The van der Waals surface area contributed by atoms with Crippen LogP contribution in [0, 0.1) is 13.8 Å². The van der Waals surface area contributed by atoms with Gasteiger partial charge in [0.1, 0.15) is 0 Å². The number of aliphatic hydroxyl groups is 1. The summed E-state index contributed by atoms with van der Waals surface area (Å²) in [5, 5.41) is 9.36. The molecule has 2 N–H and O–H groups in total. The summed E-state index contributed by atoms with van der Waals surface area (Å²) in [5.41, 5.74) is 2.81. The van der Waals surface area contributed by atoms with Crippen molar-refractivity contribution in [3.63, 3.8) is 0 Å². The Hall–Kier alpha value is -1.17. The number of H-pyrrole nitrogens is 1. The van der Waals surface area contributed by atoms with E-state index in [0.29, 0.717) is 6.54 Å². The van der Waals surface area contributed by atoms with Crippen LogP contribution in [0.2, 0.25) is 0 Å². The first-order valence-electron chi connectivity index (χ1n) is 7.81. The van der Waals surface area contributed by atoms with E-state index in [2.05, 4.69) is 21.7 Å². The standard InChI is InChI=1S/C16H27N3O2/c1-4-14(11-20)19-7-5-18(6-8-19)10-16(21)15-9-12(2)17-13(15)3/h9,14,17,20H,4-8,10-11H2,1-3H3. The van der Waals surface area contributed by atoms with Crippen LogP contribution in [-0.4, -0.2) is 71.0 Å². The minimum absolute atomic E-state index is 0.194. The Morgan fingerprint density at radius 2 is 2.00 bits per heavy atom. The summed E-state index contributed by atoms with van der Waals surface area (Å²) >= 11 is 0. The quantitative estimate of drug-likeness (QED) is 0.774. The number of nitrogens with zero attached hydrogens (tertiary/aromatic N) is 2. The second-order valence-electron chi connectivity index (χ2n) is 5.97. The van der Waals surface area contributed by atoms with Gasteiger partial charge >= 0.3 is 0 Å². The van der Waals surface area contributed by atoms with E-state index < -0.39 is 0 Å². The Balaban J connectivity index is 1.86. The molecule has 0 spiro atoms. The van der Waals surface area contributed by atoms with Gasteiger partial charge in [0, 0.05) is 49.2 Å². The van der Waals surface area contributed by atoms with Crippen LogP contribution in [0.5, 0.6) is 0 Å². The van der Waals surface area contributed by atoms with Crippen LogP contribution in [-0.2, 0) is 0 Å². The van der Waals surface area contributed by atoms with Crippen molar-refractivity contribution in [2.45, 2.75) is 33.2 Å². The van der Waals surface area contributed by atoms with Crippen LogP contribution >= 0.6 is 0 Å². The summed E-state index contributed by atoms with van der Waals surface area (Å²) in [6, 6.07) is 2.20. The topological polar surface area (TPSA) is 59.6 Å². The van der Waals surface area contributed by atoms with Crippen LogP contribution in [0.15, 0.2) is 6.07 Å². The lowest BCUT2D eigenvalue weighted by molar-refractivity contribution is 0.0591. The average molecular weight is 293 g/mol. The highest BCUT2D eigenvalue weighted by atomic mass is 16.3. The number of aryl methyl sites for hydroxylation is 2. The van der Waals surface area contributed by atoms with E-state index >= 15 is 0 Å². The van der Waals surface area contributed by atoms with Crippen LogP contribution < -0.4 is 0 Å². The Morgan fingerprint density at radius 3 is 2.48 bits per heavy atom. The fraction of sp³-hybridized carbons (Fsp3) is 0.688. The lowest BCUT2D eigenvalue weighted by atomic mass is 10.1. The zero-order chi connectivity index (χ0) is 15.4. The summed E-state index contributed by atoms with van der Waals surface area (Å²) in [4.78, 5) is 20.1. The van der Waals surface area contributed by atoms with E-state index in [1.807, 2.05) is 19.9 Å². The van der Waals surface area contributed by atoms with E-state index in [0.717, 1.165) is 49.6 Å². The summed E-state index contributed by atoms with van der Waals surface area (Å²) in [6.07, 6.45) is 0.969. The SMILES string of the molecule is CCC(CO)N1CCN(CC(=O)c2cc(C)[nH]c2C)CC1. The molecule has 1 aromatic rings. The predicted molar refractivity (Wildman–Crippen MR) is 83.8 cm³/mol. The normalized spacial score (nSPS) is 18.9. The van der Waals surface area contributed by atoms with E-state index in [1.54, 1.807) is 0 Å². The van der Waals surface area contributed by atoms with Gasteiger partial charge in [-0.05, 0) is 26.3 Å². The van der Waals surface area contributed by atoms with Crippen molar-refractivity contribution in [3.8, 4) is 0 Å². The third-order valence-corrected chi connectivity index (χ3v) is 4.42. The molecule has 0 amide bonds. The van der Waals surface area contributed by atoms with Crippen LogP contribution in [0.4, 0.5) is 0 Å². The molecule has 1 atom stereocenters. The first-order valence-corrected chi connectivity index (χ1v) is 7.81. The fourth-order valence-corrected chi connectivity index (χ4v) is 3.09. The molecule has 2 heterocycles. The molecular weight excluding hydrogens is 266 g/mol. The molecule has 1 fully saturated rings. The van der Waals surface area contributed by atoms with Crippen molar-refractivity contribution in [1.29, 1.82) is 0 Å². The summed E-state index contributed by atoms with van der Waals surface area (Å²) < 4.78 is 0. The Kier molecular flexibility index (Phi) is 5.56. The predicted octanol–water partition coefficient (Wildman–Crippen LogP) is 1.20. The Labute approximate surface area is 126 Å². The number of hydrogen-bond donors (Lipinski definition) is 2. The molecular formula is C16H27N3O2. The first-order chi connectivity index (χ1) is 10.0. The van der Waals surface area contributed by atoms with E-state index in [9.17, 15) is 9.90 Å². The zero-order valence-corrected chi connectivity index (χ0v) is 13.4. The summed E-state index contributed by atoms with van der Waals surface area (Å²) in [5.74, 6) is 0.194. The third-order valence-electron chi connectivity index (χ3n) is 4.42. The Bertz CT molecular complexity index is 472. The van der Waals surface area contributed by atoms with Gasteiger partial charge in [-0.3, -0.25) is 14.6 Å². The molecule has 0 aromatic carbocycles. The highest BCUT2D eigenvalue weighted by Gasteiger charge is 2.24. The van der Waals surface area contributed by atoms with E-state index in [4.69, 9.17) is 0 Å². The van der Waals surface area contributed by atoms with Gasteiger partial charge in [0.05, 0.1) is 13.2 Å². The number of carbonyl (C=O) groups excluding carboxylic acids is 1. The van der Waals surface area contributed by atoms with Crippen LogP contribution in [0.3, 0.4) is 0 Å². The van der Waals surface area contributed by atoms with Gasteiger partial charge in [0.15, 0.2) is 5.78 Å². The number of aromatic amines is 1. The number of aliphatic hydroxyl groups excluding tert-OH is 1. The number of hydrogen-bond acceptors (Lipinski definition) is 4. The van der Waals surface area contributed by atoms with Crippen molar-refractivity contribution in [1.82, 2.24) is 14.8 Å². The lowest BCUT2D eigenvalue weighted by Gasteiger charge is -2.38. The van der Waals surface area contributed by atoms with Gasteiger partial charge in [0.2, 0.25) is 0 Å². The van der Waals surface area contributed by atoms with Gasteiger partial charge in [-0.1, -0.05) is 6.92 Å². The molecule has 1 saturated heterocycles. The highest BCUT2D eigenvalue weighted by Crippen LogP contribution is 2.13. The average Bonchev–Trinajstić information content (AvgIpc) is 2.81. The molecule has 21 heavy (non-hydrogen) atoms. The van der Waals surface area contributed by atoms with Crippen molar-refractivity contribution in [3.05, 3.63) is 23.0 Å². The number of ketones is 1. The highest BCUT2D eigenvalue weighted by molar-refractivity contribution is 5.98. The molecule has 0 radical (unpaired) electrons. The van der Waals surface area contributed by atoms with Gasteiger partial charge in [-0.2, -0.15) is 0 Å².